The molecule has 114 valence electrons. The van der Waals surface area contributed by atoms with E-state index in [0.29, 0.717) is 0 Å². The van der Waals surface area contributed by atoms with Crippen LogP contribution in [0.2, 0.25) is 0 Å². The van der Waals surface area contributed by atoms with Crippen LogP contribution in [0.1, 0.15) is 28.1 Å². The molecule has 0 N–H and O–H groups in total. The van der Waals surface area contributed by atoms with Gasteiger partial charge in [0.1, 0.15) is 17.5 Å². The smallest absolute Gasteiger partial charge is 0.120 e. The monoisotopic (exact) mass is 295 g/mol. The van der Waals surface area contributed by atoms with Gasteiger partial charge in [0.15, 0.2) is 0 Å². The number of ether oxygens (including phenoxy) is 1. The van der Waals surface area contributed by atoms with Crippen molar-refractivity contribution in [2.45, 2.75) is 26.4 Å². The lowest BCUT2D eigenvalue weighted by Crippen LogP contribution is -2.30. The average molecular weight is 295 g/mol. The summed E-state index contributed by atoms with van der Waals surface area (Å²) in [6.45, 7) is 4.97. The number of aromatic nitrogens is 1. The SMILES string of the molecule is COc1ccc2c(c1)CCN(Cc1cc(C#N)n(C)c1C)C2. The number of benzene rings is 1. The molecule has 1 aliphatic heterocycles. The summed E-state index contributed by atoms with van der Waals surface area (Å²) in [7, 11) is 3.66. The Bertz CT molecular complexity index is 740. The van der Waals surface area contributed by atoms with E-state index in [9.17, 15) is 0 Å². The molecule has 4 heteroatoms. The molecule has 1 aliphatic rings. The van der Waals surface area contributed by atoms with Crippen LogP contribution >= 0.6 is 0 Å². The quantitative estimate of drug-likeness (QED) is 0.874. The van der Waals surface area contributed by atoms with Crippen molar-refractivity contribution in [1.29, 1.82) is 5.26 Å². The fourth-order valence-electron chi connectivity index (χ4n) is 3.12. The van der Waals surface area contributed by atoms with Gasteiger partial charge in [0, 0.05) is 32.4 Å². The molecule has 3 rings (SSSR count). The molecular weight excluding hydrogens is 274 g/mol. The molecule has 1 aromatic heterocycles. The highest BCUT2D eigenvalue weighted by Gasteiger charge is 2.19. The topological polar surface area (TPSA) is 41.2 Å². The highest BCUT2D eigenvalue weighted by Crippen LogP contribution is 2.25. The van der Waals surface area contributed by atoms with Crippen molar-refractivity contribution in [2.24, 2.45) is 7.05 Å². The second-order valence-corrected chi connectivity index (χ2v) is 5.91. The maximum absolute atomic E-state index is 9.15. The Balaban J connectivity index is 1.77. The zero-order valence-electron chi connectivity index (χ0n) is 13.4. The van der Waals surface area contributed by atoms with Gasteiger partial charge >= 0.3 is 0 Å². The predicted octanol–water partition coefficient (Wildman–Crippen LogP) is 2.77. The van der Waals surface area contributed by atoms with Gasteiger partial charge in [0.2, 0.25) is 0 Å². The molecule has 0 bridgehead atoms. The van der Waals surface area contributed by atoms with Crippen molar-refractivity contribution in [3.63, 3.8) is 0 Å². The van der Waals surface area contributed by atoms with Crippen molar-refractivity contribution in [2.75, 3.05) is 13.7 Å². The van der Waals surface area contributed by atoms with E-state index < -0.39 is 0 Å². The maximum atomic E-state index is 9.15. The Morgan fingerprint density at radius 3 is 2.77 bits per heavy atom. The predicted molar refractivity (Wildman–Crippen MR) is 85.7 cm³/mol. The standard InChI is InChI=1S/C18H21N3O/c1-13-16(8-17(10-19)20(13)2)12-21-7-6-14-9-18(22-3)5-4-15(14)11-21/h4-5,8-9H,6-7,11-12H2,1-3H3. The largest absolute Gasteiger partial charge is 0.497 e. The minimum atomic E-state index is 0.731. The second kappa shape index (κ2) is 5.86. The lowest BCUT2D eigenvalue weighted by Gasteiger charge is -2.29. The van der Waals surface area contributed by atoms with Gasteiger partial charge in [-0.2, -0.15) is 5.26 Å². The normalized spacial score (nSPS) is 14.5. The van der Waals surface area contributed by atoms with Crippen molar-refractivity contribution in [1.82, 2.24) is 9.47 Å². The number of hydrogen-bond acceptors (Lipinski definition) is 3. The number of rotatable bonds is 3. The summed E-state index contributed by atoms with van der Waals surface area (Å²) in [5, 5.41) is 9.15. The van der Waals surface area contributed by atoms with E-state index in [1.165, 1.54) is 22.4 Å². The van der Waals surface area contributed by atoms with E-state index in [2.05, 4.69) is 30.0 Å². The number of hydrogen-bond donors (Lipinski definition) is 0. The van der Waals surface area contributed by atoms with E-state index in [0.717, 1.165) is 37.5 Å². The third kappa shape index (κ3) is 2.60. The molecule has 1 aromatic carbocycles. The van der Waals surface area contributed by atoms with Gasteiger partial charge < -0.3 is 9.30 Å². The third-order valence-electron chi connectivity index (χ3n) is 4.65. The van der Waals surface area contributed by atoms with E-state index >= 15 is 0 Å². The molecule has 2 aromatic rings. The molecule has 0 fully saturated rings. The minimum absolute atomic E-state index is 0.731. The van der Waals surface area contributed by atoms with E-state index in [-0.39, 0.29) is 0 Å². The Morgan fingerprint density at radius 2 is 2.09 bits per heavy atom. The summed E-state index contributed by atoms with van der Waals surface area (Å²) in [5.41, 5.74) is 5.92. The first-order valence-electron chi connectivity index (χ1n) is 7.56. The van der Waals surface area contributed by atoms with Crippen LogP contribution in [0.25, 0.3) is 0 Å². The van der Waals surface area contributed by atoms with Gasteiger partial charge in [0.25, 0.3) is 0 Å². The Hall–Kier alpha value is -2.25. The lowest BCUT2D eigenvalue weighted by molar-refractivity contribution is 0.244. The van der Waals surface area contributed by atoms with Gasteiger partial charge in [-0.25, -0.2) is 0 Å². The molecule has 4 nitrogen and oxygen atoms in total. The number of nitrogens with zero attached hydrogens (tertiary/aromatic N) is 3. The highest BCUT2D eigenvalue weighted by atomic mass is 16.5. The van der Waals surface area contributed by atoms with Crippen molar-refractivity contribution in [3.8, 4) is 11.8 Å². The third-order valence-corrected chi connectivity index (χ3v) is 4.65. The lowest BCUT2D eigenvalue weighted by atomic mass is 9.99. The van der Waals surface area contributed by atoms with Crippen LogP contribution in [0.3, 0.4) is 0 Å². The Morgan fingerprint density at radius 1 is 1.27 bits per heavy atom. The van der Waals surface area contributed by atoms with Crippen LogP contribution in [0.5, 0.6) is 5.75 Å². The molecule has 0 saturated heterocycles. The van der Waals surface area contributed by atoms with E-state index in [1.54, 1.807) is 7.11 Å². The molecule has 0 spiro atoms. The van der Waals surface area contributed by atoms with Crippen LogP contribution in [-0.2, 0) is 26.6 Å². The second-order valence-electron chi connectivity index (χ2n) is 5.91. The first kappa shape index (κ1) is 14.7. The molecule has 0 atom stereocenters. The zero-order valence-corrected chi connectivity index (χ0v) is 13.4. The van der Waals surface area contributed by atoms with E-state index in [1.807, 2.05) is 23.7 Å². The summed E-state index contributed by atoms with van der Waals surface area (Å²) in [6, 6.07) is 10.6. The summed E-state index contributed by atoms with van der Waals surface area (Å²) >= 11 is 0. The summed E-state index contributed by atoms with van der Waals surface area (Å²) in [5.74, 6) is 0.935. The average Bonchev–Trinajstić information content (AvgIpc) is 2.82. The molecule has 0 saturated carbocycles. The summed E-state index contributed by atoms with van der Waals surface area (Å²) in [4.78, 5) is 2.44. The Kier molecular flexibility index (Phi) is 3.91. The first-order chi connectivity index (χ1) is 10.6. The molecule has 22 heavy (non-hydrogen) atoms. The number of methoxy groups -OCH3 is 1. The van der Waals surface area contributed by atoms with Crippen LogP contribution in [0.4, 0.5) is 0 Å². The van der Waals surface area contributed by atoms with E-state index in [4.69, 9.17) is 10.00 Å². The van der Waals surface area contributed by atoms with Crippen molar-refractivity contribution >= 4 is 0 Å². The number of fused-ring (bicyclic) bond motifs is 1. The van der Waals surface area contributed by atoms with Crippen LogP contribution in [0, 0.1) is 18.3 Å². The first-order valence-corrected chi connectivity index (χ1v) is 7.56. The molecule has 2 heterocycles. The van der Waals surface area contributed by atoms with Crippen molar-refractivity contribution < 1.29 is 4.74 Å². The van der Waals surface area contributed by atoms with Crippen LogP contribution in [-0.4, -0.2) is 23.1 Å². The Labute approximate surface area is 131 Å². The van der Waals surface area contributed by atoms with Gasteiger partial charge in [-0.3, -0.25) is 4.90 Å². The fraction of sp³-hybridized carbons (Fsp3) is 0.389. The minimum Gasteiger partial charge on any atom is -0.497 e. The summed E-state index contributed by atoms with van der Waals surface area (Å²) < 4.78 is 7.27. The van der Waals surface area contributed by atoms with Gasteiger partial charge in [-0.15, -0.1) is 0 Å². The highest BCUT2D eigenvalue weighted by molar-refractivity contribution is 5.38. The van der Waals surface area contributed by atoms with Crippen LogP contribution < -0.4 is 4.74 Å². The molecular formula is C18H21N3O. The molecule has 0 amide bonds. The molecule has 0 radical (unpaired) electrons. The zero-order chi connectivity index (χ0) is 15.7. The molecule has 0 aliphatic carbocycles. The summed E-state index contributed by atoms with van der Waals surface area (Å²) in [6.07, 6.45) is 1.05. The fourth-order valence-corrected chi connectivity index (χ4v) is 3.12. The van der Waals surface area contributed by atoms with Gasteiger partial charge in [0.05, 0.1) is 7.11 Å². The van der Waals surface area contributed by atoms with Gasteiger partial charge in [-0.1, -0.05) is 6.07 Å². The maximum Gasteiger partial charge on any atom is 0.120 e. The van der Waals surface area contributed by atoms with Gasteiger partial charge in [-0.05, 0) is 48.2 Å². The number of nitriles is 1. The molecule has 0 unspecified atom stereocenters. The van der Waals surface area contributed by atoms with Crippen molar-refractivity contribution in [3.05, 3.63) is 52.3 Å². The van der Waals surface area contributed by atoms with Crippen LogP contribution in [0.15, 0.2) is 24.3 Å².